The topological polar surface area (TPSA) is 24.7 Å². The van der Waals surface area contributed by atoms with Crippen molar-refractivity contribution in [1.29, 1.82) is 0 Å². The lowest BCUT2D eigenvalue weighted by Gasteiger charge is -2.16. The van der Waals surface area contributed by atoms with Crippen LogP contribution in [0.1, 0.15) is 42.9 Å². The number of nitrogens with zero attached hydrogens (tertiary/aromatic N) is 2. The van der Waals surface area contributed by atoms with Crippen LogP contribution in [-0.4, -0.2) is 11.5 Å². The number of benzene rings is 9. The van der Waals surface area contributed by atoms with E-state index in [9.17, 15) is 0 Å². The summed E-state index contributed by atoms with van der Waals surface area (Å²) >= 11 is 1.87. The Morgan fingerprint density at radius 1 is 0.390 bits per heavy atom. The van der Waals surface area contributed by atoms with Gasteiger partial charge in [-0.1, -0.05) is 158 Å². The lowest BCUT2D eigenvalue weighted by molar-refractivity contribution is 0.856. The third-order valence-electron chi connectivity index (χ3n) is 12.0. The number of hydrogen-bond donors (Lipinski definition) is 0. The summed E-state index contributed by atoms with van der Waals surface area (Å²) in [5.41, 5.74) is 11.4. The summed E-state index contributed by atoms with van der Waals surface area (Å²) in [5, 5.41) is 10.2. The SMILES string of the molecule is C/C1=C(c2ccccc2)/N=C(c2cccc(-c3ccc4c(c3)c3ccccc3c3cccc(-c5ccc6sc7ccccc7c6c5)c34)c2)\N=C(\c2ccccc2)CCC1. The Labute approximate surface area is 348 Å². The zero-order valence-corrected chi connectivity index (χ0v) is 33.6. The lowest BCUT2D eigenvalue weighted by atomic mass is 9.88. The Hall–Kier alpha value is -6.94. The van der Waals surface area contributed by atoms with Crippen molar-refractivity contribution in [1.82, 2.24) is 0 Å². The van der Waals surface area contributed by atoms with Gasteiger partial charge in [0.25, 0.3) is 0 Å². The average molecular weight is 773 g/mol. The van der Waals surface area contributed by atoms with Gasteiger partial charge in [-0.25, -0.2) is 9.98 Å². The zero-order valence-electron chi connectivity index (χ0n) is 32.8. The molecule has 0 amide bonds. The first-order valence-corrected chi connectivity index (χ1v) is 21.3. The minimum absolute atomic E-state index is 0.739. The number of aliphatic imine (C=N–C) groups is 2. The van der Waals surface area contributed by atoms with E-state index in [0.29, 0.717) is 0 Å². The van der Waals surface area contributed by atoms with Crippen LogP contribution in [-0.2, 0) is 0 Å². The smallest absolute Gasteiger partial charge is 0.160 e. The van der Waals surface area contributed by atoms with Crippen LogP contribution < -0.4 is 0 Å². The predicted octanol–water partition coefficient (Wildman–Crippen LogP) is 15.7. The molecule has 0 saturated carbocycles. The van der Waals surface area contributed by atoms with Gasteiger partial charge in [0, 0.05) is 31.3 Å². The molecular formula is C56H40N2S. The quantitative estimate of drug-likeness (QED) is 0.156. The summed E-state index contributed by atoms with van der Waals surface area (Å²) in [7, 11) is 0. The van der Waals surface area contributed by atoms with Crippen LogP contribution in [0.2, 0.25) is 0 Å². The molecule has 0 spiro atoms. The molecule has 1 aromatic heterocycles. The highest BCUT2D eigenvalue weighted by molar-refractivity contribution is 7.25. The minimum Gasteiger partial charge on any atom is -0.233 e. The van der Waals surface area contributed by atoms with Gasteiger partial charge in [0.05, 0.1) is 11.4 Å². The maximum atomic E-state index is 5.43. The molecule has 59 heavy (non-hydrogen) atoms. The normalized spacial score (nSPS) is 16.8. The van der Waals surface area contributed by atoms with Crippen molar-refractivity contribution >= 4 is 81.1 Å². The molecule has 10 aromatic rings. The van der Waals surface area contributed by atoms with Crippen LogP contribution in [0.5, 0.6) is 0 Å². The number of fused-ring (bicyclic) bond motifs is 9. The largest absolute Gasteiger partial charge is 0.233 e. The van der Waals surface area contributed by atoms with E-state index < -0.39 is 0 Å². The van der Waals surface area contributed by atoms with E-state index in [4.69, 9.17) is 9.98 Å². The molecule has 0 N–H and O–H groups in total. The molecule has 0 saturated heterocycles. The molecule has 0 unspecified atom stereocenters. The van der Waals surface area contributed by atoms with Crippen molar-refractivity contribution in [2.45, 2.75) is 26.2 Å². The molecule has 1 aliphatic rings. The van der Waals surface area contributed by atoms with Gasteiger partial charge in [-0.2, -0.15) is 0 Å². The molecule has 0 atom stereocenters. The first-order valence-electron chi connectivity index (χ1n) is 20.5. The third-order valence-corrected chi connectivity index (χ3v) is 13.1. The van der Waals surface area contributed by atoms with Gasteiger partial charge in [0.15, 0.2) is 5.84 Å². The summed E-state index contributed by atoms with van der Waals surface area (Å²) in [6, 6.07) is 68.5. The van der Waals surface area contributed by atoms with Crippen LogP contribution in [0.4, 0.5) is 0 Å². The summed E-state index contributed by atoms with van der Waals surface area (Å²) < 4.78 is 2.65. The van der Waals surface area contributed by atoms with Gasteiger partial charge < -0.3 is 0 Å². The summed E-state index contributed by atoms with van der Waals surface area (Å²) in [5.74, 6) is 0.739. The van der Waals surface area contributed by atoms with Gasteiger partial charge in [0.2, 0.25) is 0 Å². The maximum Gasteiger partial charge on any atom is 0.160 e. The molecule has 0 radical (unpaired) electrons. The number of thiophene rings is 1. The molecule has 9 aromatic carbocycles. The second-order valence-electron chi connectivity index (χ2n) is 15.6. The molecule has 1 aliphatic heterocycles. The lowest BCUT2D eigenvalue weighted by Crippen LogP contribution is -2.07. The second kappa shape index (κ2) is 14.8. The van der Waals surface area contributed by atoms with Gasteiger partial charge in [0.1, 0.15) is 0 Å². The third kappa shape index (κ3) is 6.36. The van der Waals surface area contributed by atoms with E-state index in [2.05, 4.69) is 195 Å². The van der Waals surface area contributed by atoms with Crippen molar-refractivity contribution in [2.24, 2.45) is 9.98 Å². The summed E-state index contributed by atoms with van der Waals surface area (Å²) in [4.78, 5) is 10.8. The Morgan fingerprint density at radius 3 is 1.81 bits per heavy atom. The predicted molar refractivity (Wildman–Crippen MR) is 255 cm³/mol. The monoisotopic (exact) mass is 772 g/mol. The zero-order chi connectivity index (χ0) is 39.3. The van der Waals surface area contributed by atoms with E-state index in [1.165, 1.54) is 74.8 Å². The van der Waals surface area contributed by atoms with Crippen LogP contribution >= 0.6 is 11.3 Å². The van der Waals surface area contributed by atoms with Crippen molar-refractivity contribution in [3.05, 3.63) is 210 Å². The van der Waals surface area contributed by atoms with Gasteiger partial charge >= 0.3 is 0 Å². The molecule has 0 bridgehead atoms. The van der Waals surface area contributed by atoms with E-state index in [1.807, 2.05) is 11.3 Å². The van der Waals surface area contributed by atoms with Gasteiger partial charge in [-0.3, -0.25) is 0 Å². The van der Waals surface area contributed by atoms with Crippen molar-refractivity contribution in [3.8, 4) is 22.3 Å². The van der Waals surface area contributed by atoms with Crippen molar-refractivity contribution in [2.75, 3.05) is 0 Å². The highest BCUT2D eigenvalue weighted by Crippen LogP contribution is 2.43. The van der Waals surface area contributed by atoms with Crippen LogP contribution in [0, 0.1) is 0 Å². The first kappa shape index (κ1) is 35.2. The van der Waals surface area contributed by atoms with E-state index >= 15 is 0 Å². The Kier molecular flexibility index (Phi) is 8.83. The molecule has 3 heteroatoms. The van der Waals surface area contributed by atoms with E-state index in [0.717, 1.165) is 58.8 Å². The maximum absolute atomic E-state index is 5.43. The Balaban J connectivity index is 1.09. The van der Waals surface area contributed by atoms with E-state index in [1.54, 1.807) is 0 Å². The fourth-order valence-corrected chi connectivity index (χ4v) is 10.2. The number of allylic oxidation sites excluding steroid dienone is 1. The summed E-state index contributed by atoms with van der Waals surface area (Å²) in [6.07, 6.45) is 2.86. The van der Waals surface area contributed by atoms with Crippen LogP contribution in [0.15, 0.2) is 204 Å². The van der Waals surface area contributed by atoms with E-state index in [-0.39, 0.29) is 0 Å². The van der Waals surface area contributed by atoms with Crippen molar-refractivity contribution < 1.29 is 0 Å². The number of rotatable bonds is 5. The Morgan fingerprint density at radius 2 is 0.983 bits per heavy atom. The van der Waals surface area contributed by atoms with Gasteiger partial charge in [-0.15, -0.1) is 11.3 Å². The molecular weight excluding hydrogens is 733 g/mol. The fourth-order valence-electron chi connectivity index (χ4n) is 9.08. The highest BCUT2D eigenvalue weighted by atomic mass is 32.1. The Bertz CT molecular complexity index is 3350. The van der Waals surface area contributed by atoms with Crippen LogP contribution in [0.25, 0.3) is 80.4 Å². The molecule has 2 heterocycles. The first-order chi connectivity index (χ1) is 29.2. The molecule has 280 valence electrons. The van der Waals surface area contributed by atoms with Gasteiger partial charge in [-0.05, 0) is 122 Å². The highest BCUT2D eigenvalue weighted by Gasteiger charge is 2.18. The van der Waals surface area contributed by atoms with Crippen molar-refractivity contribution in [3.63, 3.8) is 0 Å². The molecule has 2 nitrogen and oxygen atoms in total. The van der Waals surface area contributed by atoms with Crippen LogP contribution in [0.3, 0.4) is 0 Å². The molecule has 0 aliphatic carbocycles. The minimum atomic E-state index is 0.739. The summed E-state index contributed by atoms with van der Waals surface area (Å²) in [6.45, 7) is 2.23. The molecule has 11 rings (SSSR count). The molecule has 0 fully saturated rings. The fraction of sp³-hybridized carbons (Fsp3) is 0.0714. The standard InChI is InChI=1S/C56H40N2S/c1-36-15-12-27-51(37-16-4-2-5-17-37)57-56(58-55(36)38-18-6-3-7-19-38)42-21-13-20-39(33-42)40-29-31-48-49(34-40)45-23-9-8-22-44(45)47-26-14-25-43(54(47)48)41-30-32-53-50(35-41)46-24-10-11-28-52(46)59-53/h2-11,13-14,16-26,28-35H,12,15,27H2,1H3/b55-36-,57-51+,58-56-. The number of hydrogen-bond acceptors (Lipinski definition) is 3. The average Bonchev–Trinajstić information content (AvgIpc) is 3.71. The second-order valence-corrected chi connectivity index (χ2v) is 16.7. The number of amidine groups is 1.